The number of carbonyl (C=O) groups is 1. The average Bonchev–Trinajstić information content (AvgIpc) is 3.16. The summed E-state index contributed by atoms with van der Waals surface area (Å²) >= 11 is 0. The Hall–Kier alpha value is -4.26. The number of nitrogens with zero attached hydrogens (tertiary/aromatic N) is 3. The quantitative estimate of drug-likeness (QED) is 0.386. The molecule has 7 heteroatoms. The Morgan fingerprint density at radius 1 is 1.00 bits per heavy atom. The minimum Gasteiger partial charge on any atom is -0.326 e. The van der Waals surface area contributed by atoms with Crippen molar-refractivity contribution in [2.75, 3.05) is 5.32 Å². The number of imidazole rings is 1. The van der Waals surface area contributed by atoms with Crippen LogP contribution in [0.1, 0.15) is 24.6 Å². The van der Waals surface area contributed by atoms with Crippen molar-refractivity contribution in [3.63, 3.8) is 0 Å². The maximum Gasteiger partial charge on any atom is 0.269 e. The third-order valence-corrected chi connectivity index (χ3v) is 5.88. The molecule has 0 spiro atoms. The SMILES string of the molecule is CC(=O)Nc1ccc(-c2nc3cc4[nH]c(=O)c(C)nc4cc3n2CCCc2ccccc2)cc1. The van der Waals surface area contributed by atoms with Crippen LogP contribution in [0.25, 0.3) is 33.5 Å². The van der Waals surface area contributed by atoms with Crippen LogP contribution in [0.5, 0.6) is 0 Å². The fourth-order valence-corrected chi connectivity index (χ4v) is 4.24. The van der Waals surface area contributed by atoms with Gasteiger partial charge in [0.25, 0.3) is 5.56 Å². The van der Waals surface area contributed by atoms with Gasteiger partial charge < -0.3 is 14.9 Å². The van der Waals surface area contributed by atoms with Crippen LogP contribution in [0.4, 0.5) is 5.69 Å². The molecule has 0 bridgehead atoms. The van der Waals surface area contributed by atoms with E-state index >= 15 is 0 Å². The maximum absolute atomic E-state index is 12.1. The normalized spacial score (nSPS) is 11.2. The molecule has 1 amide bonds. The zero-order valence-corrected chi connectivity index (χ0v) is 19.1. The van der Waals surface area contributed by atoms with Crippen LogP contribution in [0, 0.1) is 6.92 Å². The number of fused-ring (bicyclic) bond motifs is 2. The van der Waals surface area contributed by atoms with Gasteiger partial charge in [-0.1, -0.05) is 30.3 Å². The predicted octanol–water partition coefficient (Wildman–Crippen LogP) is 4.84. The highest BCUT2D eigenvalue weighted by Gasteiger charge is 2.15. The highest BCUT2D eigenvalue weighted by Crippen LogP contribution is 2.28. The summed E-state index contributed by atoms with van der Waals surface area (Å²) in [6.07, 6.45) is 1.91. The van der Waals surface area contributed by atoms with Crippen molar-refractivity contribution in [3.8, 4) is 11.4 Å². The van der Waals surface area contributed by atoms with Gasteiger partial charge in [0, 0.05) is 24.7 Å². The molecule has 2 N–H and O–H groups in total. The highest BCUT2D eigenvalue weighted by molar-refractivity contribution is 5.93. The van der Waals surface area contributed by atoms with Gasteiger partial charge in [0.05, 0.1) is 22.1 Å². The topological polar surface area (TPSA) is 92.7 Å². The number of H-pyrrole nitrogens is 1. The van der Waals surface area contributed by atoms with Crippen molar-refractivity contribution in [1.82, 2.24) is 19.5 Å². The van der Waals surface area contributed by atoms with Gasteiger partial charge in [-0.2, -0.15) is 0 Å². The number of anilines is 1. The molecule has 0 aliphatic rings. The monoisotopic (exact) mass is 451 g/mol. The fraction of sp³-hybridized carbons (Fsp3) is 0.185. The number of rotatable bonds is 6. The van der Waals surface area contributed by atoms with Gasteiger partial charge in [-0.05, 0) is 61.7 Å². The van der Waals surface area contributed by atoms with Gasteiger partial charge in [0.15, 0.2) is 0 Å². The Balaban J connectivity index is 1.58. The molecule has 0 unspecified atom stereocenters. The molecule has 34 heavy (non-hydrogen) atoms. The van der Waals surface area contributed by atoms with Gasteiger partial charge in [-0.15, -0.1) is 0 Å². The van der Waals surface area contributed by atoms with Crippen LogP contribution in [-0.4, -0.2) is 25.4 Å². The van der Waals surface area contributed by atoms with Crippen molar-refractivity contribution >= 4 is 33.7 Å². The number of hydrogen-bond donors (Lipinski definition) is 2. The Morgan fingerprint density at radius 2 is 1.76 bits per heavy atom. The van der Waals surface area contributed by atoms with Crippen LogP contribution < -0.4 is 10.9 Å². The molecule has 0 saturated carbocycles. The molecule has 0 aliphatic carbocycles. The van der Waals surface area contributed by atoms with E-state index in [2.05, 4.69) is 44.1 Å². The molecule has 0 radical (unpaired) electrons. The summed E-state index contributed by atoms with van der Waals surface area (Å²) in [7, 11) is 0. The molecule has 0 fully saturated rings. The lowest BCUT2D eigenvalue weighted by atomic mass is 10.1. The second kappa shape index (κ2) is 8.94. The summed E-state index contributed by atoms with van der Waals surface area (Å²) in [6.45, 7) is 3.98. The summed E-state index contributed by atoms with van der Waals surface area (Å²) < 4.78 is 2.22. The van der Waals surface area contributed by atoms with Gasteiger partial charge in [0.2, 0.25) is 5.91 Å². The number of carbonyl (C=O) groups excluding carboxylic acids is 1. The number of aryl methyl sites for hydroxylation is 3. The minimum atomic E-state index is -0.192. The Labute approximate surface area is 196 Å². The Morgan fingerprint density at radius 3 is 2.50 bits per heavy atom. The van der Waals surface area contributed by atoms with Crippen LogP contribution in [0.3, 0.4) is 0 Å². The maximum atomic E-state index is 12.1. The van der Waals surface area contributed by atoms with E-state index in [4.69, 9.17) is 4.98 Å². The number of amides is 1. The highest BCUT2D eigenvalue weighted by atomic mass is 16.1. The van der Waals surface area contributed by atoms with Gasteiger partial charge >= 0.3 is 0 Å². The van der Waals surface area contributed by atoms with Gasteiger partial charge in [-0.3, -0.25) is 9.59 Å². The molecule has 0 saturated heterocycles. The zero-order chi connectivity index (χ0) is 23.7. The van der Waals surface area contributed by atoms with Crippen LogP contribution >= 0.6 is 0 Å². The van der Waals surface area contributed by atoms with Crippen molar-refractivity contribution in [1.29, 1.82) is 0 Å². The zero-order valence-electron chi connectivity index (χ0n) is 19.1. The van der Waals surface area contributed by atoms with E-state index in [1.165, 1.54) is 12.5 Å². The molecule has 170 valence electrons. The first-order valence-corrected chi connectivity index (χ1v) is 11.3. The van der Waals surface area contributed by atoms with Gasteiger partial charge in [-0.25, -0.2) is 9.97 Å². The van der Waals surface area contributed by atoms with E-state index in [0.717, 1.165) is 53.0 Å². The van der Waals surface area contributed by atoms with Crippen LogP contribution in [0.2, 0.25) is 0 Å². The number of nitrogens with one attached hydrogen (secondary N) is 2. The Bertz CT molecular complexity index is 1550. The van der Waals surface area contributed by atoms with Crippen molar-refractivity contribution in [2.45, 2.75) is 33.2 Å². The third kappa shape index (κ3) is 4.32. The summed E-state index contributed by atoms with van der Waals surface area (Å²) in [5, 5.41) is 2.80. The van der Waals surface area contributed by atoms with E-state index < -0.39 is 0 Å². The summed E-state index contributed by atoms with van der Waals surface area (Å²) in [5.74, 6) is 0.733. The van der Waals surface area contributed by atoms with Crippen molar-refractivity contribution < 1.29 is 4.79 Å². The lowest BCUT2D eigenvalue weighted by molar-refractivity contribution is -0.114. The first-order chi connectivity index (χ1) is 16.5. The molecule has 3 aromatic carbocycles. The number of aromatic amines is 1. The van der Waals surface area contributed by atoms with Crippen molar-refractivity contribution in [3.05, 3.63) is 88.3 Å². The van der Waals surface area contributed by atoms with Crippen LogP contribution in [-0.2, 0) is 17.8 Å². The molecule has 0 atom stereocenters. The minimum absolute atomic E-state index is 0.107. The molecule has 2 aromatic heterocycles. The standard InChI is InChI=1S/C27H25N5O2/c1-17-27(34)31-22-15-24-25(16-23(22)28-17)32(14-6-9-19-7-4-3-5-8-19)26(30-24)20-10-12-21(13-11-20)29-18(2)33/h3-5,7-8,10-13,15-16H,6,9,14H2,1-2H3,(H,29,33)(H,31,34). The lowest BCUT2D eigenvalue weighted by Crippen LogP contribution is -2.11. The smallest absolute Gasteiger partial charge is 0.269 e. The summed E-state index contributed by atoms with van der Waals surface area (Å²) in [5.41, 5.74) is 6.42. The molecular weight excluding hydrogens is 426 g/mol. The Kier molecular flexibility index (Phi) is 5.67. The number of aromatic nitrogens is 4. The molecular formula is C27H25N5O2. The summed E-state index contributed by atoms with van der Waals surface area (Å²) in [4.78, 5) is 35.8. The fourth-order valence-electron chi connectivity index (χ4n) is 4.24. The second-order valence-corrected chi connectivity index (χ2v) is 8.44. The molecule has 7 nitrogen and oxygen atoms in total. The third-order valence-electron chi connectivity index (χ3n) is 5.88. The number of hydrogen-bond acceptors (Lipinski definition) is 4. The van der Waals surface area contributed by atoms with E-state index in [9.17, 15) is 9.59 Å². The molecule has 5 rings (SSSR count). The van der Waals surface area contributed by atoms with E-state index in [1.54, 1.807) is 6.92 Å². The summed E-state index contributed by atoms with van der Waals surface area (Å²) in [6, 6.07) is 22.0. The molecule has 5 aromatic rings. The van der Waals surface area contributed by atoms with Crippen LogP contribution in [0.15, 0.2) is 71.5 Å². The average molecular weight is 452 g/mol. The van der Waals surface area contributed by atoms with E-state index in [-0.39, 0.29) is 11.5 Å². The number of benzene rings is 3. The van der Waals surface area contributed by atoms with E-state index in [1.807, 2.05) is 42.5 Å². The first kappa shape index (κ1) is 21.6. The predicted molar refractivity (Wildman–Crippen MR) is 135 cm³/mol. The van der Waals surface area contributed by atoms with Crippen molar-refractivity contribution in [2.24, 2.45) is 0 Å². The first-order valence-electron chi connectivity index (χ1n) is 11.3. The lowest BCUT2D eigenvalue weighted by Gasteiger charge is -2.11. The molecule has 0 aliphatic heterocycles. The van der Waals surface area contributed by atoms with E-state index in [0.29, 0.717) is 11.2 Å². The largest absolute Gasteiger partial charge is 0.326 e. The van der Waals surface area contributed by atoms with Gasteiger partial charge in [0.1, 0.15) is 11.5 Å². The molecule has 2 heterocycles. The second-order valence-electron chi connectivity index (χ2n) is 8.44.